The van der Waals surface area contributed by atoms with Gasteiger partial charge in [0.15, 0.2) is 5.79 Å². The van der Waals surface area contributed by atoms with E-state index in [1.807, 2.05) is 0 Å². The number of hydrogen-bond acceptors (Lipinski definition) is 4. The van der Waals surface area contributed by atoms with Gasteiger partial charge in [-0.25, -0.2) is 0 Å². The van der Waals surface area contributed by atoms with Gasteiger partial charge in [-0.15, -0.1) is 5.54 Å². The Morgan fingerprint density at radius 2 is 1.77 bits per heavy atom. The van der Waals surface area contributed by atoms with Gasteiger partial charge < -0.3 is 14.6 Å². The third kappa shape index (κ3) is 3.92. The maximum Gasteiger partial charge on any atom is 0.171 e. The fourth-order valence-corrected chi connectivity index (χ4v) is 10.9. The lowest BCUT2D eigenvalue weighted by Gasteiger charge is -2.69. The Hall–Kier alpha value is -1.45. The predicted molar refractivity (Wildman–Crippen MR) is 159 cm³/mol. The lowest BCUT2D eigenvalue weighted by atomic mass is 9.37. The van der Waals surface area contributed by atoms with Crippen LogP contribution in [0.4, 0.5) is 0 Å². The first-order chi connectivity index (χ1) is 18.7. The zero-order valence-electron chi connectivity index (χ0n) is 25.5. The zero-order valence-corrected chi connectivity index (χ0v) is 26.5. The maximum absolute atomic E-state index is 13.4. The second kappa shape index (κ2) is 8.56. The van der Waals surface area contributed by atoms with E-state index < -0.39 is 19.5 Å². The third-order valence-electron chi connectivity index (χ3n) is 12.2. The van der Waals surface area contributed by atoms with E-state index in [0.29, 0.717) is 49.1 Å². The van der Waals surface area contributed by atoms with Gasteiger partial charge in [0.1, 0.15) is 13.9 Å². The van der Waals surface area contributed by atoms with Crippen LogP contribution in [0.3, 0.4) is 0 Å². The largest absolute Gasteiger partial charge is 0.389 e. The van der Waals surface area contributed by atoms with Crippen LogP contribution < -0.4 is 0 Å². The van der Waals surface area contributed by atoms with Gasteiger partial charge in [-0.3, -0.25) is 4.79 Å². The number of hydrogen-bond donors (Lipinski definition) is 1. The second-order valence-corrected chi connectivity index (χ2v) is 21.4. The normalized spacial score (nSPS) is 42.6. The quantitative estimate of drug-likeness (QED) is 0.285. The van der Waals surface area contributed by atoms with Crippen molar-refractivity contribution in [3.05, 3.63) is 34.9 Å². The molecule has 5 fully saturated rings. The van der Waals surface area contributed by atoms with E-state index in [9.17, 15) is 9.90 Å². The molecule has 1 N–H and O–H groups in total. The Morgan fingerprint density at radius 3 is 2.50 bits per heavy atom. The topological polar surface area (TPSA) is 55.8 Å². The second-order valence-electron chi connectivity index (χ2n) is 16.6. The molecule has 1 saturated heterocycles. The van der Waals surface area contributed by atoms with Crippen molar-refractivity contribution in [1.82, 2.24) is 0 Å². The van der Waals surface area contributed by atoms with Gasteiger partial charge >= 0.3 is 0 Å². The van der Waals surface area contributed by atoms with Crippen LogP contribution in [0.15, 0.2) is 18.2 Å². The molecule has 1 aliphatic heterocycles. The minimum atomic E-state index is -1.50. The van der Waals surface area contributed by atoms with E-state index in [2.05, 4.69) is 70.1 Å². The van der Waals surface area contributed by atoms with Crippen molar-refractivity contribution in [2.24, 2.45) is 34.0 Å². The minimum absolute atomic E-state index is 0.00568. The standard InChI is InChI=1S/C35H48O4Si/c1-31(2)21-38-35(39-22-31)15-14-33-18-24-17-23(12-16-40(4,5)6)7-8-25(24)27-19-32(3)28(9-10-29(32)36)26(30(27)33)11-13-34(33,37)20-35/h7-8,17,26-28,30,37H,9-11,13-15,18-22H2,1-6H3/t26-,27?,28-,30?,32-,33-,34+/m0/s1. The lowest BCUT2D eigenvalue weighted by molar-refractivity contribution is -0.357. The maximum atomic E-state index is 13.4. The monoisotopic (exact) mass is 560 g/mol. The van der Waals surface area contributed by atoms with Crippen molar-refractivity contribution in [2.75, 3.05) is 13.2 Å². The smallest absolute Gasteiger partial charge is 0.171 e. The summed E-state index contributed by atoms with van der Waals surface area (Å²) in [6.45, 7) is 14.9. The van der Waals surface area contributed by atoms with Crippen LogP contribution >= 0.6 is 0 Å². The summed E-state index contributed by atoms with van der Waals surface area (Å²) in [4.78, 5) is 13.4. The Balaban J connectivity index is 1.33. The Labute approximate surface area is 242 Å². The number of rotatable bonds is 0. The number of ketones is 1. The SMILES string of the molecule is CC1(C)COC2(CC[C@@]34Cc5cc(C#C[Si](C)(C)C)ccc5C5C[C@]6(C)C(=O)CC[C@H]6[C@H](CC[C@@]3(O)C2)C54)OC1. The van der Waals surface area contributed by atoms with E-state index >= 15 is 0 Å². The molecule has 1 heterocycles. The zero-order chi connectivity index (χ0) is 28.3. The van der Waals surface area contributed by atoms with Gasteiger partial charge in [0, 0.05) is 41.1 Å². The summed E-state index contributed by atoms with van der Waals surface area (Å²) in [6, 6.07) is 6.90. The fourth-order valence-electron chi connectivity index (χ4n) is 10.4. The number of aliphatic hydroxyl groups is 1. The van der Waals surface area contributed by atoms with Crippen molar-refractivity contribution in [3.8, 4) is 11.5 Å². The van der Waals surface area contributed by atoms with Crippen LogP contribution in [0.1, 0.15) is 94.7 Å². The van der Waals surface area contributed by atoms with Crippen LogP contribution in [-0.2, 0) is 20.7 Å². The number of ether oxygens (including phenoxy) is 2. The average Bonchev–Trinajstić information content (AvgIpc) is 3.18. The van der Waals surface area contributed by atoms with Gasteiger partial charge in [-0.1, -0.05) is 52.4 Å². The molecule has 0 aromatic heterocycles. The molecular formula is C35H48O4Si. The highest BCUT2D eigenvalue weighted by atomic mass is 28.3. The van der Waals surface area contributed by atoms with E-state index in [1.165, 1.54) is 11.1 Å². The highest BCUT2D eigenvalue weighted by molar-refractivity contribution is 6.83. The molecule has 5 aliphatic carbocycles. The molecule has 7 atom stereocenters. The number of fused-ring (bicyclic) bond motifs is 4. The molecule has 1 aromatic carbocycles. The summed E-state index contributed by atoms with van der Waals surface area (Å²) in [5, 5.41) is 12.9. The molecule has 5 heteroatoms. The number of Topliss-reactive ketones (excluding diaryl/α,β-unsaturated/α-hetero) is 1. The summed E-state index contributed by atoms with van der Waals surface area (Å²) in [6.07, 6.45) is 7.70. The summed E-state index contributed by atoms with van der Waals surface area (Å²) < 4.78 is 13.0. The van der Waals surface area contributed by atoms with Crippen LogP contribution in [0.5, 0.6) is 0 Å². The average molecular weight is 561 g/mol. The number of carbonyl (C=O) groups is 1. The van der Waals surface area contributed by atoms with Gasteiger partial charge in [-0.2, -0.15) is 0 Å². The molecule has 6 aliphatic rings. The predicted octanol–water partition coefficient (Wildman–Crippen LogP) is 6.64. The first kappa shape index (κ1) is 27.4. The van der Waals surface area contributed by atoms with E-state index in [-0.39, 0.29) is 16.2 Å². The highest BCUT2D eigenvalue weighted by Gasteiger charge is 2.72. The van der Waals surface area contributed by atoms with Crippen molar-refractivity contribution in [3.63, 3.8) is 0 Å². The minimum Gasteiger partial charge on any atom is -0.389 e. The van der Waals surface area contributed by atoms with Crippen molar-refractivity contribution < 1.29 is 19.4 Å². The Morgan fingerprint density at radius 1 is 1.02 bits per heavy atom. The summed E-state index contributed by atoms with van der Waals surface area (Å²) in [7, 11) is -1.50. The molecule has 0 radical (unpaired) electrons. The summed E-state index contributed by atoms with van der Waals surface area (Å²) >= 11 is 0. The lowest BCUT2D eigenvalue weighted by Crippen LogP contribution is -2.70. The molecule has 40 heavy (non-hydrogen) atoms. The molecule has 2 spiro atoms. The first-order valence-electron chi connectivity index (χ1n) is 15.9. The summed E-state index contributed by atoms with van der Waals surface area (Å²) in [5.74, 6) is 4.96. The van der Waals surface area contributed by atoms with Crippen LogP contribution in [0.25, 0.3) is 0 Å². The van der Waals surface area contributed by atoms with E-state index in [0.717, 1.165) is 56.9 Å². The van der Waals surface area contributed by atoms with Crippen molar-refractivity contribution in [2.45, 2.75) is 116 Å². The van der Waals surface area contributed by atoms with Crippen LogP contribution in [-0.4, -0.2) is 43.6 Å². The number of benzene rings is 1. The molecule has 2 unspecified atom stereocenters. The van der Waals surface area contributed by atoms with Gasteiger partial charge in [0.25, 0.3) is 0 Å². The molecule has 7 rings (SSSR count). The molecule has 0 bridgehead atoms. The van der Waals surface area contributed by atoms with E-state index in [4.69, 9.17) is 9.47 Å². The molecule has 4 saturated carbocycles. The first-order valence-corrected chi connectivity index (χ1v) is 19.4. The molecule has 216 valence electrons. The molecule has 0 amide bonds. The fraction of sp³-hybridized carbons (Fsp3) is 0.743. The molecule has 1 aromatic rings. The van der Waals surface area contributed by atoms with Crippen LogP contribution in [0, 0.1) is 45.5 Å². The molecular weight excluding hydrogens is 512 g/mol. The third-order valence-corrected chi connectivity index (χ3v) is 13.1. The number of carbonyl (C=O) groups excluding carboxylic acids is 1. The Bertz CT molecular complexity index is 1300. The van der Waals surface area contributed by atoms with Gasteiger partial charge in [0.05, 0.1) is 18.8 Å². The van der Waals surface area contributed by atoms with Crippen molar-refractivity contribution >= 4 is 13.9 Å². The van der Waals surface area contributed by atoms with Crippen LogP contribution in [0.2, 0.25) is 19.6 Å². The van der Waals surface area contributed by atoms with Gasteiger partial charge in [0.2, 0.25) is 0 Å². The van der Waals surface area contributed by atoms with Crippen molar-refractivity contribution in [1.29, 1.82) is 0 Å². The molecule has 4 nitrogen and oxygen atoms in total. The van der Waals surface area contributed by atoms with E-state index in [1.54, 1.807) is 0 Å². The Kier molecular flexibility index (Phi) is 5.86. The van der Waals surface area contributed by atoms with Gasteiger partial charge in [-0.05, 0) is 85.5 Å². The summed E-state index contributed by atoms with van der Waals surface area (Å²) in [5.41, 5.74) is 6.16. The highest BCUT2D eigenvalue weighted by Crippen LogP contribution is 2.73.